The molecule has 5 heteroatoms. The molecule has 0 unspecified atom stereocenters. The van der Waals surface area contributed by atoms with Gasteiger partial charge in [0.25, 0.3) is 0 Å². The molecule has 0 bridgehead atoms. The predicted molar refractivity (Wildman–Crippen MR) is 66.5 cm³/mol. The van der Waals surface area contributed by atoms with Gasteiger partial charge in [0.05, 0.1) is 18.8 Å². The number of morpholine rings is 1. The molecule has 94 valence electrons. The quantitative estimate of drug-likeness (QED) is 0.829. The summed E-state index contributed by atoms with van der Waals surface area (Å²) in [5, 5.41) is 0. The Morgan fingerprint density at radius 1 is 1.47 bits per heavy atom. The van der Waals surface area contributed by atoms with Crippen LogP contribution in [0.1, 0.15) is 25.4 Å². The molecule has 1 aliphatic heterocycles. The number of anilines is 1. The van der Waals surface area contributed by atoms with Gasteiger partial charge in [-0.1, -0.05) is 0 Å². The summed E-state index contributed by atoms with van der Waals surface area (Å²) in [6.45, 7) is 9.44. The van der Waals surface area contributed by atoms with E-state index in [9.17, 15) is 0 Å². The molecular weight excluding hydrogens is 216 g/mol. The maximum absolute atomic E-state index is 5.72. The third-order valence-electron chi connectivity index (χ3n) is 2.79. The number of hydrogen-bond donors (Lipinski definition) is 1. The average Bonchev–Trinajstić information content (AvgIpc) is 2.13. The number of aromatic nitrogens is 2. The van der Waals surface area contributed by atoms with E-state index in [4.69, 9.17) is 10.5 Å². The summed E-state index contributed by atoms with van der Waals surface area (Å²) in [5.41, 5.74) is 6.55. The fourth-order valence-electron chi connectivity index (χ4n) is 2.18. The molecule has 1 aliphatic rings. The van der Waals surface area contributed by atoms with Crippen LogP contribution in [0.3, 0.4) is 0 Å². The minimum absolute atomic E-state index is 0.0897. The molecular formula is C12H20N4O. The standard InChI is InChI=1S/C12H20N4O/c1-9-6-10(13)15-11(14-9)7-16-4-5-17-12(2,3)8-16/h6H,4-5,7-8H2,1-3H3,(H2,13,14,15). The second-order valence-corrected chi connectivity index (χ2v) is 5.17. The Kier molecular flexibility index (Phi) is 3.31. The Morgan fingerprint density at radius 3 is 2.88 bits per heavy atom. The number of nitrogens with zero attached hydrogens (tertiary/aromatic N) is 3. The summed E-state index contributed by atoms with van der Waals surface area (Å²) in [7, 11) is 0. The lowest BCUT2D eigenvalue weighted by Gasteiger charge is -2.37. The molecule has 0 radical (unpaired) electrons. The number of ether oxygens (including phenoxy) is 1. The lowest BCUT2D eigenvalue weighted by Crippen LogP contribution is -2.47. The molecule has 1 aromatic heterocycles. The molecule has 0 atom stereocenters. The van der Waals surface area contributed by atoms with Gasteiger partial charge in [-0.05, 0) is 20.8 Å². The van der Waals surface area contributed by atoms with Crippen LogP contribution in [0.4, 0.5) is 5.82 Å². The highest BCUT2D eigenvalue weighted by atomic mass is 16.5. The van der Waals surface area contributed by atoms with Gasteiger partial charge in [-0.3, -0.25) is 4.90 Å². The van der Waals surface area contributed by atoms with E-state index in [1.54, 1.807) is 6.07 Å². The van der Waals surface area contributed by atoms with Crippen LogP contribution in [-0.2, 0) is 11.3 Å². The van der Waals surface area contributed by atoms with Crippen LogP contribution in [0, 0.1) is 6.92 Å². The normalized spacial score (nSPS) is 20.4. The van der Waals surface area contributed by atoms with Gasteiger partial charge >= 0.3 is 0 Å². The fraction of sp³-hybridized carbons (Fsp3) is 0.667. The zero-order valence-corrected chi connectivity index (χ0v) is 10.7. The van der Waals surface area contributed by atoms with E-state index in [1.165, 1.54) is 0 Å². The van der Waals surface area contributed by atoms with Crippen LogP contribution in [0.15, 0.2) is 6.07 Å². The minimum atomic E-state index is -0.0897. The molecule has 2 heterocycles. The predicted octanol–water partition coefficient (Wildman–Crippen LogP) is 0.978. The molecule has 17 heavy (non-hydrogen) atoms. The smallest absolute Gasteiger partial charge is 0.144 e. The largest absolute Gasteiger partial charge is 0.384 e. The van der Waals surface area contributed by atoms with Crippen molar-refractivity contribution in [3.05, 3.63) is 17.6 Å². The van der Waals surface area contributed by atoms with Gasteiger partial charge < -0.3 is 10.5 Å². The number of nitrogen functional groups attached to an aromatic ring is 1. The van der Waals surface area contributed by atoms with Gasteiger partial charge in [0.1, 0.15) is 11.6 Å². The highest BCUT2D eigenvalue weighted by Gasteiger charge is 2.27. The Hall–Kier alpha value is -1.20. The number of nitrogens with two attached hydrogens (primary N) is 1. The first kappa shape index (κ1) is 12.3. The first-order valence-electron chi connectivity index (χ1n) is 5.91. The third kappa shape index (κ3) is 3.38. The van der Waals surface area contributed by atoms with Crippen LogP contribution in [0.5, 0.6) is 0 Å². The summed E-state index contributed by atoms with van der Waals surface area (Å²) in [4.78, 5) is 11.0. The van der Waals surface area contributed by atoms with E-state index in [0.717, 1.165) is 37.8 Å². The van der Waals surface area contributed by atoms with Crippen molar-refractivity contribution in [1.29, 1.82) is 0 Å². The van der Waals surface area contributed by atoms with Crippen LogP contribution in [0.2, 0.25) is 0 Å². The van der Waals surface area contributed by atoms with Crippen LogP contribution >= 0.6 is 0 Å². The molecule has 1 aromatic rings. The second-order valence-electron chi connectivity index (χ2n) is 5.17. The number of rotatable bonds is 2. The van der Waals surface area contributed by atoms with Gasteiger partial charge in [-0.25, -0.2) is 9.97 Å². The van der Waals surface area contributed by atoms with Crippen molar-refractivity contribution < 1.29 is 4.74 Å². The fourth-order valence-corrected chi connectivity index (χ4v) is 2.18. The van der Waals surface area contributed by atoms with Gasteiger partial charge in [-0.2, -0.15) is 0 Å². The number of aryl methyl sites for hydroxylation is 1. The molecule has 2 N–H and O–H groups in total. The molecule has 0 spiro atoms. The van der Waals surface area contributed by atoms with Crippen molar-refractivity contribution >= 4 is 5.82 Å². The maximum Gasteiger partial charge on any atom is 0.144 e. The Bertz CT molecular complexity index is 385. The Labute approximate surface area is 102 Å². The molecule has 0 amide bonds. The molecule has 5 nitrogen and oxygen atoms in total. The summed E-state index contributed by atoms with van der Waals surface area (Å²) < 4.78 is 5.67. The molecule has 2 rings (SSSR count). The van der Waals surface area contributed by atoms with Gasteiger partial charge in [0.15, 0.2) is 0 Å². The summed E-state index contributed by atoms with van der Waals surface area (Å²) >= 11 is 0. The van der Waals surface area contributed by atoms with E-state index >= 15 is 0 Å². The Balaban J connectivity index is 2.05. The average molecular weight is 236 g/mol. The highest BCUT2D eigenvalue weighted by Crippen LogP contribution is 2.17. The van der Waals surface area contributed by atoms with Crippen LogP contribution in [0.25, 0.3) is 0 Å². The van der Waals surface area contributed by atoms with Crippen molar-refractivity contribution in [2.75, 3.05) is 25.4 Å². The van der Waals surface area contributed by atoms with Gasteiger partial charge in [0.2, 0.25) is 0 Å². The topological polar surface area (TPSA) is 64.3 Å². The molecule has 1 fully saturated rings. The second kappa shape index (κ2) is 4.58. The van der Waals surface area contributed by atoms with Gasteiger partial charge in [0, 0.05) is 24.8 Å². The SMILES string of the molecule is Cc1cc(N)nc(CN2CCOC(C)(C)C2)n1. The molecule has 1 saturated heterocycles. The maximum atomic E-state index is 5.72. The Morgan fingerprint density at radius 2 is 2.24 bits per heavy atom. The van der Waals surface area contributed by atoms with Crippen molar-refractivity contribution in [2.24, 2.45) is 0 Å². The zero-order valence-electron chi connectivity index (χ0n) is 10.7. The summed E-state index contributed by atoms with van der Waals surface area (Å²) in [6.07, 6.45) is 0. The van der Waals surface area contributed by atoms with Gasteiger partial charge in [-0.15, -0.1) is 0 Å². The lowest BCUT2D eigenvalue weighted by atomic mass is 10.1. The van der Waals surface area contributed by atoms with Crippen LogP contribution in [-0.4, -0.2) is 40.2 Å². The molecule has 0 aliphatic carbocycles. The minimum Gasteiger partial charge on any atom is -0.384 e. The zero-order chi connectivity index (χ0) is 12.5. The first-order chi connectivity index (χ1) is 7.94. The van der Waals surface area contributed by atoms with Crippen LogP contribution < -0.4 is 5.73 Å². The van der Waals surface area contributed by atoms with E-state index in [-0.39, 0.29) is 5.60 Å². The van der Waals surface area contributed by atoms with E-state index in [0.29, 0.717) is 5.82 Å². The van der Waals surface area contributed by atoms with Crippen molar-refractivity contribution in [2.45, 2.75) is 32.9 Å². The third-order valence-corrected chi connectivity index (χ3v) is 2.79. The summed E-state index contributed by atoms with van der Waals surface area (Å²) in [5.74, 6) is 1.33. The highest BCUT2D eigenvalue weighted by molar-refractivity contribution is 5.29. The van der Waals surface area contributed by atoms with Crippen molar-refractivity contribution in [1.82, 2.24) is 14.9 Å². The van der Waals surface area contributed by atoms with Crippen molar-refractivity contribution in [3.63, 3.8) is 0 Å². The van der Waals surface area contributed by atoms with Crippen molar-refractivity contribution in [3.8, 4) is 0 Å². The molecule has 0 aromatic carbocycles. The van der Waals surface area contributed by atoms with E-state index in [2.05, 4.69) is 28.7 Å². The first-order valence-corrected chi connectivity index (χ1v) is 5.91. The van der Waals surface area contributed by atoms with E-state index in [1.807, 2.05) is 6.92 Å². The number of hydrogen-bond acceptors (Lipinski definition) is 5. The summed E-state index contributed by atoms with van der Waals surface area (Å²) in [6, 6.07) is 1.78. The monoisotopic (exact) mass is 236 g/mol. The van der Waals surface area contributed by atoms with E-state index < -0.39 is 0 Å². The molecule has 0 saturated carbocycles. The lowest BCUT2D eigenvalue weighted by molar-refractivity contribution is -0.0887.